The minimum Gasteiger partial charge on any atom is -0.394 e. The first-order valence-electron chi connectivity index (χ1n) is 8.45. The third-order valence-electron chi connectivity index (χ3n) is 5.03. The maximum atomic E-state index is 10.1. The number of aliphatic imine (C=N–C) groups is 1. The average molecular weight is 306 g/mol. The van der Waals surface area contributed by atoms with Crippen molar-refractivity contribution in [3.63, 3.8) is 0 Å². The molecule has 0 aliphatic carbocycles. The first-order chi connectivity index (χ1) is 11.4. The first-order valence-corrected chi connectivity index (χ1v) is 8.45. The van der Waals surface area contributed by atoms with Crippen LogP contribution in [0.5, 0.6) is 0 Å². The number of fused-ring (bicyclic) bond motifs is 2. The molecule has 0 aromatic heterocycles. The minimum atomic E-state index is 0.0245. The van der Waals surface area contributed by atoms with E-state index >= 15 is 0 Å². The number of aliphatic hydroxyl groups excluding tert-OH is 1. The molecule has 1 fully saturated rings. The van der Waals surface area contributed by atoms with Crippen molar-refractivity contribution in [2.75, 3.05) is 6.61 Å². The number of nitrogens with zero attached hydrogens (tertiary/aromatic N) is 2. The zero-order chi connectivity index (χ0) is 15.6. The van der Waals surface area contributed by atoms with Gasteiger partial charge in [-0.15, -0.1) is 0 Å². The van der Waals surface area contributed by atoms with Crippen molar-refractivity contribution < 1.29 is 5.11 Å². The summed E-state index contributed by atoms with van der Waals surface area (Å²) < 4.78 is 0. The van der Waals surface area contributed by atoms with Crippen molar-refractivity contribution in [2.45, 2.75) is 37.5 Å². The van der Waals surface area contributed by atoms with Gasteiger partial charge in [0, 0.05) is 0 Å². The molecule has 4 rings (SSSR count). The van der Waals surface area contributed by atoms with Crippen molar-refractivity contribution >= 4 is 5.71 Å². The fraction of sp³-hybridized carbons (Fsp3) is 0.350. The van der Waals surface area contributed by atoms with Crippen molar-refractivity contribution in [3.8, 4) is 0 Å². The van der Waals surface area contributed by atoms with Crippen molar-refractivity contribution in [1.82, 2.24) is 4.90 Å². The highest BCUT2D eigenvalue weighted by Crippen LogP contribution is 2.39. The smallest absolute Gasteiger partial charge is 0.103 e. The molecule has 2 heterocycles. The van der Waals surface area contributed by atoms with Gasteiger partial charge in [0.1, 0.15) is 6.17 Å². The van der Waals surface area contributed by atoms with Crippen LogP contribution < -0.4 is 0 Å². The maximum absolute atomic E-state index is 10.1. The second-order valence-electron chi connectivity index (χ2n) is 6.36. The Kier molecular flexibility index (Phi) is 3.98. The molecule has 23 heavy (non-hydrogen) atoms. The lowest BCUT2D eigenvalue weighted by atomic mass is 9.92. The topological polar surface area (TPSA) is 35.8 Å². The van der Waals surface area contributed by atoms with Crippen molar-refractivity contribution in [3.05, 3.63) is 71.8 Å². The van der Waals surface area contributed by atoms with Gasteiger partial charge in [-0.05, 0) is 30.4 Å². The summed E-state index contributed by atoms with van der Waals surface area (Å²) in [5.41, 5.74) is 3.59. The van der Waals surface area contributed by atoms with Crippen LogP contribution in [0.2, 0.25) is 0 Å². The van der Waals surface area contributed by atoms with E-state index in [-0.39, 0.29) is 18.8 Å². The first kappa shape index (κ1) is 14.6. The monoisotopic (exact) mass is 306 g/mol. The van der Waals surface area contributed by atoms with E-state index in [1.807, 2.05) is 24.3 Å². The predicted octanol–water partition coefficient (Wildman–Crippen LogP) is 3.40. The second kappa shape index (κ2) is 6.26. The van der Waals surface area contributed by atoms with Crippen LogP contribution in [0.15, 0.2) is 65.7 Å². The Morgan fingerprint density at radius 3 is 2.39 bits per heavy atom. The van der Waals surface area contributed by atoms with Gasteiger partial charge in [-0.2, -0.15) is 0 Å². The Morgan fingerprint density at radius 1 is 1.00 bits per heavy atom. The summed E-state index contributed by atoms with van der Waals surface area (Å²) in [7, 11) is 0. The molecule has 3 nitrogen and oxygen atoms in total. The van der Waals surface area contributed by atoms with Crippen LogP contribution >= 0.6 is 0 Å². The minimum absolute atomic E-state index is 0.0245. The summed E-state index contributed by atoms with van der Waals surface area (Å²) in [5, 5.41) is 10.1. The summed E-state index contributed by atoms with van der Waals surface area (Å²) >= 11 is 0. The van der Waals surface area contributed by atoms with Gasteiger partial charge in [0.25, 0.3) is 0 Å². The molecular formula is C20H22N2O. The molecule has 0 amide bonds. The zero-order valence-corrected chi connectivity index (χ0v) is 13.2. The summed E-state index contributed by atoms with van der Waals surface area (Å²) in [5.74, 6) is 0. The molecule has 2 aliphatic heterocycles. The lowest BCUT2D eigenvalue weighted by Crippen LogP contribution is -2.46. The van der Waals surface area contributed by atoms with Gasteiger partial charge in [-0.1, -0.05) is 60.7 Å². The SMILES string of the molecule is OC[C@@H](c1ccccc1)N1C2CCC[C@H]1C(c1ccccc1)=N2. The van der Waals surface area contributed by atoms with E-state index in [1.165, 1.54) is 23.3 Å². The molecule has 118 valence electrons. The molecule has 1 N–H and O–H groups in total. The van der Waals surface area contributed by atoms with Crippen LogP contribution in [0, 0.1) is 0 Å². The molecule has 3 atom stereocenters. The largest absolute Gasteiger partial charge is 0.394 e. The maximum Gasteiger partial charge on any atom is 0.103 e. The van der Waals surface area contributed by atoms with Gasteiger partial charge in [0.2, 0.25) is 0 Å². The molecule has 1 unspecified atom stereocenters. The Balaban J connectivity index is 1.68. The third-order valence-corrected chi connectivity index (χ3v) is 5.03. The van der Waals surface area contributed by atoms with Gasteiger partial charge >= 0.3 is 0 Å². The Labute approximate surface area is 137 Å². The van der Waals surface area contributed by atoms with E-state index in [1.54, 1.807) is 0 Å². The number of hydrogen-bond acceptors (Lipinski definition) is 3. The molecule has 0 saturated carbocycles. The van der Waals surface area contributed by atoms with Crippen LogP contribution in [0.25, 0.3) is 0 Å². The van der Waals surface area contributed by atoms with Gasteiger partial charge in [0.05, 0.1) is 24.4 Å². The predicted molar refractivity (Wildman–Crippen MR) is 92.5 cm³/mol. The van der Waals surface area contributed by atoms with Crippen molar-refractivity contribution in [2.24, 2.45) is 4.99 Å². The molecular weight excluding hydrogens is 284 g/mol. The van der Waals surface area contributed by atoms with Crippen LogP contribution in [0.3, 0.4) is 0 Å². The normalized spacial score (nSPS) is 25.2. The molecule has 2 aromatic carbocycles. The summed E-state index contributed by atoms with van der Waals surface area (Å²) in [4.78, 5) is 7.46. The summed E-state index contributed by atoms with van der Waals surface area (Å²) in [6.07, 6.45) is 3.60. The number of benzene rings is 2. The Morgan fingerprint density at radius 2 is 1.70 bits per heavy atom. The highest BCUT2D eigenvalue weighted by atomic mass is 16.3. The molecule has 2 aromatic rings. The van der Waals surface area contributed by atoms with E-state index < -0.39 is 0 Å². The van der Waals surface area contributed by atoms with E-state index in [0.29, 0.717) is 6.04 Å². The third kappa shape index (κ3) is 2.60. The summed E-state index contributed by atoms with van der Waals surface area (Å²) in [6, 6.07) is 21.2. The van der Waals surface area contributed by atoms with Gasteiger partial charge in [-0.25, -0.2) is 0 Å². The number of rotatable bonds is 4. The van der Waals surface area contributed by atoms with Crippen molar-refractivity contribution in [1.29, 1.82) is 0 Å². The van der Waals surface area contributed by atoms with Crippen LogP contribution in [-0.2, 0) is 0 Å². The fourth-order valence-electron chi connectivity index (χ4n) is 4.00. The lowest BCUT2D eigenvalue weighted by Gasteiger charge is -2.39. The van der Waals surface area contributed by atoms with Gasteiger partial charge in [0.15, 0.2) is 0 Å². The molecule has 0 radical (unpaired) electrons. The number of hydrogen-bond donors (Lipinski definition) is 1. The quantitative estimate of drug-likeness (QED) is 0.939. The standard InChI is InChI=1S/C20H22N2O/c23-14-18(15-8-3-1-4-9-15)22-17-12-7-13-19(22)21-20(17)16-10-5-2-6-11-16/h1-6,8-11,17-19,23H,7,12-14H2/t17-,18-,19?/m0/s1. The van der Waals surface area contributed by atoms with Crippen LogP contribution in [-0.4, -0.2) is 34.5 Å². The summed E-state index contributed by atoms with van der Waals surface area (Å²) in [6.45, 7) is 0.134. The molecule has 2 bridgehead atoms. The van der Waals surface area contributed by atoms with Crippen LogP contribution in [0.1, 0.15) is 36.4 Å². The molecule has 0 spiro atoms. The van der Waals surface area contributed by atoms with Gasteiger partial charge < -0.3 is 5.11 Å². The van der Waals surface area contributed by atoms with Gasteiger partial charge in [-0.3, -0.25) is 9.89 Å². The highest BCUT2D eigenvalue weighted by molar-refractivity contribution is 6.05. The van der Waals surface area contributed by atoms with E-state index in [0.717, 1.165) is 12.8 Å². The van der Waals surface area contributed by atoms with Crippen LogP contribution in [0.4, 0.5) is 0 Å². The molecule has 3 heteroatoms. The fourth-order valence-corrected chi connectivity index (χ4v) is 4.00. The zero-order valence-electron chi connectivity index (χ0n) is 13.2. The Hall–Kier alpha value is -1.97. The molecule has 2 aliphatic rings. The van der Waals surface area contributed by atoms with E-state index in [4.69, 9.17) is 4.99 Å². The number of piperidine rings is 1. The lowest BCUT2D eigenvalue weighted by molar-refractivity contribution is 0.0533. The van der Waals surface area contributed by atoms with E-state index in [9.17, 15) is 5.11 Å². The average Bonchev–Trinajstić information content (AvgIpc) is 2.83. The second-order valence-corrected chi connectivity index (χ2v) is 6.36. The Bertz CT molecular complexity index is 683. The highest BCUT2D eigenvalue weighted by Gasteiger charge is 2.43. The number of aliphatic hydroxyl groups is 1. The van der Waals surface area contributed by atoms with E-state index in [2.05, 4.69) is 41.3 Å². The molecule has 1 saturated heterocycles.